The number of allylic oxidation sites excluding steroid dienone is 1. The maximum atomic E-state index is 14.0. The number of fused-ring (bicyclic) bond motifs is 1. The number of carbonyl (C=O) groups is 1. The van der Waals surface area contributed by atoms with Crippen LogP contribution in [0.15, 0.2) is 112 Å². The predicted molar refractivity (Wildman–Crippen MR) is 168 cm³/mol. The molecular weight excluding hydrogens is 542 g/mol. The van der Waals surface area contributed by atoms with E-state index in [4.69, 9.17) is 9.73 Å². The molecule has 0 unspecified atom stereocenters. The van der Waals surface area contributed by atoms with Crippen molar-refractivity contribution in [1.29, 1.82) is 0 Å². The van der Waals surface area contributed by atoms with Gasteiger partial charge in [-0.1, -0.05) is 91.1 Å². The number of aromatic nitrogens is 2. The summed E-state index contributed by atoms with van der Waals surface area (Å²) >= 11 is 1.35. The fourth-order valence-electron chi connectivity index (χ4n) is 5.72. The third kappa shape index (κ3) is 4.76. The van der Waals surface area contributed by atoms with E-state index < -0.39 is 12.0 Å². The molecule has 0 N–H and O–H groups in total. The number of ether oxygens (including phenoxy) is 1. The Labute approximate surface area is 248 Å². The molecule has 210 valence electrons. The van der Waals surface area contributed by atoms with Crippen molar-refractivity contribution in [3.8, 4) is 16.8 Å². The molecule has 0 saturated heterocycles. The smallest absolute Gasteiger partial charge is 0.338 e. The Balaban J connectivity index is 1.46. The van der Waals surface area contributed by atoms with Crippen molar-refractivity contribution in [2.45, 2.75) is 33.2 Å². The number of nitrogens with zero attached hydrogens (tertiary/aromatic N) is 3. The second-order valence-electron chi connectivity index (χ2n) is 10.3. The van der Waals surface area contributed by atoms with Gasteiger partial charge in [0.05, 0.1) is 29.0 Å². The van der Waals surface area contributed by atoms with Gasteiger partial charge < -0.3 is 9.30 Å². The van der Waals surface area contributed by atoms with E-state index >= 15 is 0 Å². The molecule has 6 rings (SSSR count). The maximum absolute atomic E-state index is 14.0. The lowest BCUT2D eigenvalue weighted by atomic mass is 9.95. The minimum atomic E-state index is -0.609. The molecule has 0 spiro atoms. The van der Waals surface area contributed by atoms with Gasteiger partial charge in [-0.3, -0.25) is 9.36 Å². The first kappa shape index (κ1) is 27.4. The number of thiazole rings is 1. The number of esters is 1. The van der Waals surface area contributed by atoms with Crippen LogP contribution < -0.4 is 14.9 Å². The number of hydrogen-bond donors (Lipinski definition) is 0. The molecule has 3 heterocycles. The van der Waals surface area contributed by atoms with Crippen LogP contribution in [0.3, 0.4) is 0 Å². The Bertz CT molecular complexity index is 2000. The van der Waals surface area contributed by atoms with Crippen molar-refractivity contribution in [2.24, 2.45) is 4.99 Å². The zero-order valence-corrected chi connectivity index (χ0v) is 24.8. The fourth-order valence-corrected chi connectivity index (χ4v) is 6.73. The minimum Gasteiger partial charge on any atom is -0.466 e. The number of aryl methyl sites for hydroxylation is 1. The van der Waals surface area contributed by atoms with E-state index in [2.05, 4.69) is 60.9 Å². The Morgan fingerprint density at radius 1 is 0.952 bits per heavy atom. The SMILES string of the molecule is CCC1=C(C(=O)OC)[C@H](c2ccccc2)n2c(s/c(=C/c3cc(C)n(-c4ccc(-c5ccccc5)cc4)c3C)c2=O)=N1. The van der Waals surface area contributed by atoms with Crippen molar-refractivity contribution >= 4 is 23.4 Å². The summed E-state index contributed by atoms with van der Waals surface area (Å²) in [4.78, 5) is 32.3. The molecule has 42 heavy (non-hydrogen) atoms. The molecule has 6 nitrogen and oxygen atoms in total. The molecule has 0 fully saturated rings. The third-order valence-corrected chi connectivity index (χ3v) is 8.74. The molecule has 1 atom stereocenters. The molecule has 7 heteroatoms. The number of methoxy groups -OCH3 is 1. The van der Waals surface area contributed by atoms with Crippen LogP contribution >= 0.6 is 11.3 Å². The van der Waals surface area contributed by atoms with Gasteiger partial charge in [0, 0.05) is 17.1 Å². The van der Waals surface area contributed by atoms with E-state index in [0.29, 0.717) is 27.0 Å². The Morgan fingerprint density at radius 2 is 1.60 bits per heavy atom. The van der Waals surface area contributed by atoms with E-state index in [9.17, 15) is 9.59 Å². The monoisotopic (exact) mass is 573 g/mol. The number of hydrogen-bond acceptors (Lipinski definition) is 5. The van der Waals surface area contributed by atoms with Gasteiger partial charge in [-0.15, -0.1) is 0 Å². The summed E-state index contributed by atoms with van der Waals surface area (Å²) in [5.74, 6) is -0.472. The average molecular weight is 574 g/mol. The Hall–Kier alpha value is -4.75. The summed E-state index contributed by atoms with van der Waals surface area (Å²) < 4.78 is 9.56. The molecule has 0 amide bonds. The van der Waals surface area contributed by atoms with Crippen LogP contribution in [0.25, 0.3) is 22.9 Å². The number of benzene rings is 3. The first-order chi connectivity index (χ1) is 20.4. The minimum absolute atomic E-state index is 0.179. The highest BCUT2D eigenvalue weighted by molar-refractivity contribution is 7.07. The summed E-state index contributed by atoms with van der Waals surface area (Å²) in [5, 5.41) is 0. The highest BCUT2D eigenvalue weighted by Crippen LogP contribution is 2.32. The predicted octanol–water partition coefficient (Wildman–Crippen LogP) is 5.87. The van der Waals surface area contributed by atoms with Crippen LogP contribution in [0.4, 0.5) is 0 Å². The van der Waals surface area contributed by atoms with E-state index in [1.807, 2.05) is 61.5 Å². The second kappa shape index (κ2) is 11.3. The van der Waals surface area contributed by atoms with Gasteiger partial charge in [0.25, 0.3) is 5.56 Å². The average Bonchev–Trinajstić information content (AvgIpc) is 3.49. The van der Waals surface area contributed by atoms with Gasteiger partial charge in [0.1, 0.15) is 0 Å². The molecule has 1 aliphatic rings. The van der Waals surface area contributed by atoms with Crippen molar-refractivity contribution in [1.82, 2.24) is 9.13 Å². The molecule has 5 aromatic rings. The number of carbonyl (C=O) groups excluding carboxylic acids is 1. The first-order valence-corrected chi connectivity index (χ1v) is 14.8. The van der Waals surface area contributed by atoms with Crippen molar-refractivity contribution < 1.29 is 9.53 Å². The molecule has 0 radical (unpaired) electrons. The van der Waals surface area contributed by atoms with Crippen LogP contribution in [0.5, 0.6) is 0 Å². The highest BCUT2D eigenvalue weighted by Gasteiger charge is 2.33. The highest BCUT2D eigenvalue weighted by atomic mass is 32.1. The molecular formula is C35H31N3O3S. The summed E-state index contributed by atoms with van der Waals surface area (Å²) in [6.45, 7) is 6.10. The van der Waals surface area contributed by atoms with E-state index in [0.717, 1.165) is 33.8 Å². The third-order valence-electron chi connectivity index (χ3n) is 7.76. The van der Waals surface area contributed by atoms with Crippen LogP contribution in [0.2, 0.25) is 0 Å². The summed E-state index contributed by atoms with van der Waals surface area (Å²) in [6, 6.07) is 29.9. The van der Waals surface area contributed by atoms with E-state index in [1.165, 1.54) is 24.0 Å². The van der Waals surface area contributed by atoms with Crippen LogP contribution in [0.1, 0.15) is 41.9 Å². The van der Waals surface area contributed by atoms with Crippen LogP contribution in [-0.2, 0) is 9.53 Å². The van der Waals surface area contributed by atoms with Gasteiger partial charge in [-0.2, -0.15) is 0 Å². The maximum Gasteiger partial charge on any atom is 0.338 e. The number of rotatable bonds is 6. The summed E-state index contributed by atoms with van der Waals surface area (Å²) in [6.07, 6.45) is 2.49. The van der Waals surface area contributed by atoms with E-state index in [-0.39, 0.29) is 5.56 Å². The van der Waals surface area contributed by atoms with Crippen LogP contribution in [0, 0.1) is 13.8 Å². The van der Waals surface area contributed by atoms with Crippen LogP contribution in [-0.4, -0.2) is 22.2 Å². The van der Waals surface area contributed by atoms with Gasteiger partial charge in [0.2, 0.25) is 0 Å². The summed E-state index contributed by atoms with van der Waals surface area (Å²) in [5.41, 5.74) is 8.17. The van der Waals surface area contributed by atoms with Gasteiger partial charge in [-0.25, -0.2) is 9.79 Å². The lowest BCUT2D eigenvalue weighted by Gasteiger charge is -2.25. The largest absolute Gasteiger partial charge is 0.466 e. The first-order valence-electron chi connectivity index (χ1n) is 13.9. The standard InChI is InChI=1S/C35H31N3O3S/c1-5-29-31(34(40)41-4)32(26-14-10-7-11-15-26)38-33(39)30(42-35(38)36-29)21-27-20-22(2)37(23(27)3)28-18-16-25(17-19-28)24-12-8-6-9-13-24/h6-21,32H,5H2,1-4H3/b30-21+/t32-/m0/s1. The van der Waals surface area contributed by atoms with Gasteiger partial charge in [-0.05, 0) is 66.8 Å². The molecule has 1 aliphatic heterocycles. The van der Waals surface area contributed by atoms with E-state index in [1.54, 1.807) is 4.57 Å². The normalized spacial score (nSPS) is 15.0. The second-order valence-corrected chi connectivity index (χ2v) is 11.3. The Morgan fingerprint density at radius 3 is 2.24 bits per heavy atom. The van der Waals surface area contributed by atoms with Gasteiger partial charge in [0.15, 0.2) is 4.80 Å². The lowest BCUT2D eigenvalue weighted by molar-refractivity contribution is -0.136. The topological polar surface area (TPSA) is 65.6 Å². The molecule has 0 aliphatic carbocycles. The van der Waals surface area contributed by atoms with Gasteiger partial charge >= 0.3 is 5.97 Å². The van der Waals surface area contributed by atoms with Crippen molar-refractivity contribution in [3.05, 3.63) is 144 Å². The zero-order chi connectivity index (χ0) is 29.4. The van der Waals surface area contributed by atoms with Crippen molar-refractivity contribution in [3.63, 3.8) is 0 Å². The molecule has 2 aromatic heterocycles. The summed E-state index contributed by atoms with van der Waals surface area (Å²) in [7, 11) is 1.36. The quantitative estimate of drug-likeness (QED) is 0.239. The zero-order valence-electron chi connectivity index (χ0n) is 24.0. The fraction of sp³-hybridized carbons (Fsp3) is 0.171. The Kier molecular flexibility index (Phi) is 7.35. The molecule has 0 bridgehead atoms. The van der Waals surface area contributed by atoms with Crippen molar-refractivity contribution in [2.75, 3.05) is 7.11 Å². The molecule has 0 saturated carbocycles. The molecule has 3 aromatic carbocycles. The lowest BCUT2D eigenvalue weighted by Crippen LogP contribution is -2.40.